The van der Waals surface area contributed by atoms with Crippen LogP contribution in [0.2, 0.25) is 0 Å². The van der Waals surface area contributed by atoms with Gasteiger partial charge in [-0.1, -0.05) is 30.3 Å². The fraction of sp³-hybridized carbons (Fsp3) is 0.462. The molecule has 0 aliphatic heterocycles. The van der Waals surface area contributed by atoms with Gasteiger partial charge in [-0.3, -0.25) is 4.90 Å². The Hall–Kier alpha value is -1.55. The second-order valence-corrected chi connectivity index (χ2v) is 5.08. The van der Waals surface area contributed by atoms with E-state index in [1.807, 2.05) is 39.0 Å². The molecule has 1 rings (SSSR count). The smallest absolute Gasteiger partial charge is 0.319 e. The number of aliphatic hydroxyl groups is 1. The third kappa shape index (κ3) is 4.07. The van der Waals surface area contributed by atoms with Crippen molar-refractivity contribution in [2.45, 2.75) is 32.5 Å². The third-order valence-electron chi connectivity index (χ3n) is 2.27. The summed E-state index contributed by atoms with van der Waals surface area (Å²) in [4.78, 5) is 13.1. The summed E-state index contributed by atoms with van der Waals surface area (Å²) in [6.07, 6.45) is -0.932. The van der Waals surface area contributed by atoms with Gasteiger partial charge < -0.3 is 10.4 Å². The summed E-state index contributed by atoms with van der Waals surface area (Å²) in [7, 11) is 1.57. The zero-order valence-corrected chi connectivity index (χ0v) is 10.8. The first-order valence-electron chi connectivity index (χ1n) is 5.59. The molecule has 4 nitrogen and oxygen atoms in total. The largest absolute Gasteiger partial charge is 0.369 e. The summed E-state index contributed by atoms with van der Waals surface area (Å²) in [5.74, 6) is 0. The molecule has 1 unspecified atom stereocenters. The Bertz CT molecular complexity index is 371. The van der Waals surface area contributed by atoms with E-state index in [0.717, 1.165) is 0 Å². The Labute approximate surface area is 102 Å². The molecule has 0 bridgehead atoms. The normalized spacial score (nSPS) is 13.0. The third-order valence-corrected chi connectivity index (χ3v) is 2.27. The highest BCUT2D eigenvalue weighted by Crippen LogP contribution is 2.16. The molecule has 1 atom stereocenters. The van der Waals surface area contributed by atoms with E-state index in [1.165, 1.54) is 4.90 Å². The van der Waals surface area contributed by atoms with E-state index in [1.54, 1.807) is 19.2 Å². The molecule has 0 fully saturated rings. The maximum Gasteiger partial charge on any atom is 0.319 e. The molecule has 0 aromatic heterocycles. The molecule has 0 saturated carbocycles. The van der Waals surface area contributed by atoms with E-state index in [-0.39, 0.29) is 11.6 Å². The van der Waals surface area contributed by atoms with E-state index in [9.17, 15) is 9.90 Å². The summed E-state index contributed by atoms with van der Waals surface area (Å²) in [5, 5.41) is 12.8. The van der Waals surface area contributed by atoms with Gasteiger partial charge in [-0.05, 0) is 20.8 Å². The number of hydrogen-bond acceptors (Lipinski definition) is 2. The molecule has 2 amide bonds. The van der Waals surface area contributed by atoms with Crippen molar-refractivity contribution in [1.29, 1.82) is 0 Å². The average Bonchev–Trinajstić information content (AvgIpc) is 2.26. The van der Waals surface area contributed by atoms with Crippen LogP contribution in [0.3, 0.4) is 0 Å². The van der Waals surface area contributed by atoms with Crippen LogP contribution in [0, 0.1) is 0 Å². The molecule has 1 aromatic rings. The summed E-state index contributed by atoms with van der Waals surface area (Å²) < 4.78 is 0. The van der Waals surface area contributed by atoms with Gasteiger partial charge in [0.05, 0.1) is 0 Å². The predicted octanol–water partition coefficient (Wildman–Crippen LogP) is 2.12. The topological polar surface area (TPSA) is 52.6 Å². The van der Waals surface area contributed by atoms with Crippen LogP contribution in [0.4, 0.5) is 4.79 Å². The van der Waals surface area contributed by atoms with Gasteiger partial charge in [-0.25, -0.2) is 4.79 Å². The zero-order valence-electron chi connectivity index (χ0n) is 10.8. The van der Waals surface area contributed by atoms with Crippen LogP contribution in [0.1, 0.15) is 32.6 Å². The van der Waals surface area contributed by atoms with Gasteiger partial charge in [-0.2, -0.15) is 0 Å². The molecule has 0 radical (unpaired) electrons. The monoisotopic (exact) mass is 236 g/mol. The van der Waals surface area contributed by atoms with Crippen molar-refractivity contribution in [1.82, 2.24) is 10.2 Å². The van der Waals surface area contributed by atoms with E-state index in [2.05, 4.69) is 5.32 Å². The van der Waals surface area contributed by atoms with Crippen LogP contribution in [-0.4, -0.2) is 28.6 Å². The lowest BCUT2D eigenvalue weighted by Gasteiger charge is -2.29. The Morgan fingerprint density at radius 2 is 1.82 bits per heavy atom. The van der Waals surface area contributed by atoms with Crippen molar-refractivity contribution in [2.24, 2.45) is 0 Å². The lowest BCUT2D eigenvalue weighted by Crippen LogP contribution is -2.48. The number of nitrogens with zero attached hydrogens (tertiary/aromatic N) is 1. The van der Waals surface area contributed by atoms with Gasteiger partial charge in [0.1, 0.15) is 0 Å². The van der Waals surface area contributed by atoms with Gasteiger partial charge in [0.2, 0.25) is 0 Å². The number of benzene rings is 1. The molecule has 0 aliphatic carbocycles. The van der Waals surface area contributed by atoms with E-state index < -0.39 is 6.23 Å². The van der Waals surface area contributed by atoms with Gasteiger partial charge in [0.15, 0.2) is 6.23 Å². The standard InChI is InChI=1S/C13H20N2O2/c1-13(2,3)14-12(17)15(4)11(16)10-8-6-5-7-9-10/h5-9,11,16H,1-4H3,(H,14,17). The highest BCUT2D eigenvalue weighted by atomic mass is 16.3. The number of hydrogen-bond donors (Lipinski definition) is 2. The molecule has 0 aliphatic rings. The summed E-state index contributed by atoms with van der Waals surface area (Å²) in [6, 6.07) is 8.79. The molecule has 17 heavy (non-hydrogen) atoms. The van der Waals surface area contributed by atoms with Crippen LogP contribution in [0.25, 0.3) is 0 Å². The molecule has 1 aromatic carbocycles. The molecule has 0 heterocycles. The maximum atomic E-state index is 11.8. The van der Waals surface area contributed by atoms with Crippen LogP contribution in [0.15, 0.2) is 30.3 Å². The predicted molar refractivity (Wildman–Crippen MR) is 67.4 cm³/mol. The quantitative estimate of drug-likeness (QED) is 0.773. The number of amides is 2. The van der Waals surface area contributed by atoms with E-state index in [0.29, 0.717) is 5.56 Å². The Balaban J connectivity index is 2.70. The first-order chi connectivity index (χ1) is 7.81. The number of aliphatic hydroxyl groups excluding tert-OH is 1. The Kier molecular flexibility index (Phi) is 4.12. The number of urea groups is 1. The van der Waals surface area contributed by atoms with Crippen molar-refractivity contribution in [3.63, 3.8) is 0 Å². The van der Waals surface area contributed by atoms with Crippen molar-refractivity contribution in [2.75, 3.05) is 7.05 Å². The van der Waals surface area contributed by atoms with Crippen LogP contribution >= 0.6 is 0 Å². The SMILES string of the molecule is CN(C(=O)NC(C)(C)C)C(O)c1ccccc1. The minimum atomic E-state index is -0.932. The average molecular weight is 236 g/mol. The molecule has 94 valence electrons. The maximum absolute atomic E-state index is 11.8. The van der Waals surface area contributed by atoms with Crippen molar-refractivity contribution in [3.05, 3.63) is 35.9 Å². The highest BCUT2D eigenvalue weighted by Gasteiger charge is 2.22. The highest BCUT2D eigenvalue weighted by molar-refractivity contribution is 5.75. The molecule has 0 saturated heterocycles. The number of nitrogens with one attached hydrogen (secondary N) is 1. The Morgan fingerprint density at radius 3 is 2.29 bits per heavy atom. The second kappa shape index (κ2) is 5.19. The minimum absolute atomic E-state index is 0.297. The first-order valence-corrected chi connectivity index (χ1v) is 5.59. The summed E-state index contributed by atoms with van der Waals surface area (Å²) >= 11 is 0. The molecule has 2 N–H and O–H groups in total. The number of carbonyl (C=O) groups is 1. The lowest BCUT2D eigenvalue weighted by molar-refractivity contribution is 0.0436. The summed E-state index contributed by atoms with van der Waals surface area (Å²) in [6.45, 7) is 5.69. The molecule has 0 spiro atoms. The number of carbonyl (C=O) groups excluding carboxylic acids is 1. The van der Waals surface area contributed by atoms with Gasteiger partial charge >= 0.3 is 6.03 Å². The van der Waals surface area contributed by atoms with Crippen LogP contribution in [0.5, 0.6) is 0 Å². The lowest BCUT2D eigenvalue weighted by atomic mass is 10.1. The fourth-order valence-electron chi connectivity index (χ4n) is 1.37. The van der Waals surface area contributed by atoms with Gasteiger partial charge in [-0.15, -0.1) is 0 Å². The van der Waals surface area contributed by atoms with Crippen molar-refractivity contribution >= 4 is 6.03 Å². The van der Waals surface area contributed by atoms with Crippen LogP contribution in [-0.2, 0) is 0 Å². The molecular weight excluding hydrogens is 216 g/mol. The zero-order chi connectivity index (χ0) is 13.1. The second-order valence-electron chi connectivity index (χ2n) is 5.08. The van der Waals surface area contributed by atoms with E-state index >= 15 is 0 Å². The van der Waals surface area contributed by atoms with Crippen molar-refractivity contribution < 1.29 is 9.90 Å². The fourth-order valence-corrected chi connectivity index (χ4v) is 1.37. The Morgan fingerprint density at radius 1 is 1.29 bits per heavy atom. The van der Waals surface area contributed by atoms with Crippen molar-refractivity contribution in [3.8, 4) is 0 Å². The molecule has 4 heteroatoms. The molecular formula is C13H20N2O2. The van der Waals surface area contributed by atoms with Gasteiger partial charge in [0, 0.05) is 18.2 Å². The van der Waals surface area contributed by atoms with Crippen LogP contribution < -0.4 is 5.32 Å². The summed E-state index contributed by atoms with van der Waals surface area (Å²) in [5.41, 5.74) is 0.376. The van der Waals surface area contributed by atoms with E-state index in [4.69, 9.17) is 0 Å². The van der Waals surface area contributed by atoms with Gasteiger partial charge in [0.25, 0.3) is 0 Å². The minimum Gasteiger partial charge on any atom is -0.369 e. The first kappa shape index (κ1) is 13.5. The number of rotatable bonds is 2.